The molecule has 0 unspecified atom stereocenters. The normalized spacial score (nSPS) is 13.9. The van der Waals surface area contributed by atoms with Crippen molar-refractivity contribution in [2.24, 2.45) is 0 Å². The highest BCUT2D eigenvalue weighted by molar-refractivity contribution is 5.99. The molecule has 25 heavy (non-hydrogen) atoms. The molecule has 2 aromatic heterocycles. The average Bonchev–Trinajstić information content (AvgIpc) is 3.22. The second-order valence-corrected chi connectivity index (χ2v) is 6.31. The Balaban J connectivity index is 1.49. The van der Waals surface area contributed by atoms with Crippen molar-refractivity contribution >= 4 is 5.91 Å². The van der Waals surface area contributed by atoms with E-state index in [1.54, 1.807) is 0 Å². The molecule has 2 N–H and O–H groups in total. The number of fused-ring (bicyclic) bond motifs is 1. The highest BCUT2D eigenvalue weighted by Crippen LogP contribution is 2.23. The molecule has 0 bridgehead atoms. The summed E-state index contributed by atoms with van der Waals surface area (Å²) in [4.78, 5) is 12.6. The molecule has 6 heteroatoms. The molecule has 0 saturated heterocycles. The lowest BCUT2D eigenvalue weighted by molar-refractivity contribution is 0.0950. The monoisotopic (exact) mass is 336 g/mol. The molecule has 4 rings (SSSR count). The molecule has 2 heterocycles. The number of amides is 1. The van der Waals surface area contributed by atoms with Gasteiger partial charge in [-0.25, -0.2) is 0 Å². The first kappa shape index (κ1) is 15.6. The lowest BCUT2D eigenvalue weighted by Gasteiger charge is -2.05. The van der Waals surface area contributed by atoms with Crippen LogP contribution in [0.25, 0.3) is 11.3 Å². The number of carbonyl (C=O) groups excluding carboxylic acids is 1. The minimum atomic E-state index is -0.203. The van der Waals surface area contributed by atoms with Crippen molar-refractivity contribution in [3.63, 3.8) is 0 Å². The number of carbonyl (C=O) groups is 1. The zero-order chi connectivity index (χ0) is 17.1. The summed E-state index contributed by atoms with van der Waals surface area (Å²) in [5.74, 6) is -0.203. The highest BCUT2D eigenvalue weighted by atomic mass is 16.5. The van der Waals surface area contributed by atoms with Crippen molar-refractivity contribution < 1.29 is 9.32 Å². The van der Waals surface area contributed by atoms with Gasteiger partial charge in [0.05, 0.1) is 12.2 Å². The largest absolute Gasteiger partial charge is 0.363 e. The third-order valence-corrected chi connectivity index (χ3v) is 4.67. The Kier molecular flexibility index (Phi) is 4.33. The summed E-state index contributed by atoms with van der Waals surface area (Å²) in [6, 6.07) is 9.55. The molecule has 6 nitrogen and oxygen atoms in total. The molecule has 1 aliphatic rings. The Morgan fingerprint density at radius 2 is 2.00 bits per heavy atom. The Labute approximate surface area is 145 Å². The standard InChI is InChI=1S/C19H20N4O2/c24-19(15-12-25-23-18(15)13-7-3-1-4-8-13)20-11-17-14-9-5-2-6-10-16(14)21-22-17/h1,3-4,7-8,12H,2,5-6,9-11H2,(H,20,24)(H,21,22). The van der Waals surface area contributed by atoms with Crippen LogP contribution < -0.4 is 5.32 Å². The van der Waals surface area contributed by atoms with Gasteiger partial charge in [0.1, 0.15) is 17.5 Å². The van der Waals surface area contributed by atoms with Crippen molar-refractivity contribution in [2.45, 2.75) is 38.6 Å². The van der Waals surface area contributed by atoms with Crippen molar-refractivity contribution in [2.75, 3.05) is 0 Å². The summed E-state index contributed by atoms with van der Waals surface area (Å²) in [6.07, 6.45) is 7.08. The first-order chi connectivity index (χ1) is 12.3. The van der Waals surface area contributed by atoms with E-state index in [1.165, 1.54) is 36.8 Å². The summed E-state index contributed by atoms with van der Waals surface area (Å²) < 4.78 is 5.03. The van der Waals surface area contributed by atoms with Gasteiger partial charge in [-0.3, -0.25) is 9.89 Å². The fraction of sp³-hybridized carbons (Fsp3) is 0.316. The van der Waals surface area contributed by atoms with E-state index in [0.717, 1.165) is 24.1 Å². The Bertz CT molecular complexity index is 867. The van der Waals surface area contributed by atoms with Crippen LogP contribution in [0.5, 0.6) is 0 Å². The second kappa shape index (κ2) is 6.93. The van der Waals surface area contributed by atoms with Gasteiger partial charge in [-0.05, 0) is 31.2 Å². The zero-order valence-corrected chi connectivity index (χ0v) is 13.9. The molecule has 1 aliphatic carbocycles. The topological polar surface area (TPSA) is 83.8 Å². The first-order valence-electron chi connectivity index (χ1n) is 8.66. The molecule has 3 aromatic rings. The van der Waals surface area contributed by atoms with Gasteiger partial charge < -0.3 is 9.84 Å². The number of nitrogens with zero attached hydrogens (tertiary/aromatic N) is 2. The van der Waals surface area contributed by atoms with E-state index in [2.05, 4.69) is 20.7 Å². The number of rotatable bonds is 4. The third-order valence-electron chi connectivity index (χ3n) is 4.67. The summed E-state index contributed by atoms with van der Waals surface area (Å²) in [6.45, 7) is 0.407. The van der Waals surface area contributed by atoms with Crippen LogP contribution in [0.15, 0.2) is 41.1 Å². The number of hydrogen-bond acceptors (Lipinski definition) is 4. The number of nitrogens with one attached hydrogen (secondary N) is 2. The SMILES string of the molecule is O=C(NCc1n[nH]c2c1CCCCC2)c1conc1-c1ccccc1. The van der Waals surface area contributed by atoms with Gasteiger partial charge in [0, 0.05) is 11.3 Å². The third kappa shape index (κ3) is 3.20. The molecule has 128 valence electrons. The van der Waals surface area contributed by atoms with Crippen LogP contribution in [0.2, 0.25) is 0 Å². The number of H-pyrrole nitrogens is 1. The highest BCUT2D eigenvalue weighted by Gasteiger charge is 2.19. The van der Waals surface area contributed by atoms with Gasteiger partial charge in [-0.15, -0.1) is 0 Å². The maximum atomic E-state index is 12.6. The summed E-state index contributed by atoms with van der Waals surface area (Å²) in [5, 5.41) is 14.4. The summed E-state index contributed by atoms with van der Waals surface area (Å²) >= 11 is 0. The number of benzene rings is 1. The Morgan fingerprint density at radius 1 is 1.16 bits per heavy atom. The van der Waals surface area contributed by atoms with E-state index < -0.39 is 0 Å². The van der Waals surface area contributed by atoms with Gasteiger partial charge in [0.25, 0.3) is 5.91 Å². The fourth-order valence-electron chi connectivity index (χ4n) is 3.33. The zero-order valence-electron chi connectivity index (χ0n) is 13.9. The van der Waals surface area contributed by atoms with E-state index in [0.29, 0.717) is 17.8 Å². The van der Waals surface area contributed by atoms with Crippen molar-refractivity contribution in [3.05, 3.63) is 59.1 Å². The molecule has 0 saturated carbocycles. The van der Waals surface area contributed by atoms with Crippen LogP contribution in [-0.2, 0) is 19.4 Å². The molecule has 0 aliphatic heterocycles. The second-order valence-electron chi connectivity index (χ2n) is 6.31. The number of aromatic amines is 1. The van der Waals surface area contributed by atoms with Crippen molar-refractivity contribution in [1.29, 1.82) is 0 Å². The number of aryl methyl sites for hydroxylation is 1. The van der Waals surface area contributed by atoms with Crippen LogP contribution in [-0.4, -0.2) is 21.3 Å². The quantitative estimate of drug-likeness (QED) is 0.716. The predicted octanol–water partition coefficient (Wildman–Crippen LogP) is 3.26. The fourth-order valence-corrected chi connectivity index (χ4v) is 3.33. The predicted molar refractivity (Wildman–Crippen MR) is 93.0 cm³/mol. The Morgan fingerprint density at radius 3 is 2.88 bits per heavy atom. The van der Waals surface area contributed by atoms with Gasteiger partial charge in [0.2, 0.25) is 0 Å². The number of hydrogen-bond donors (Lipinski definition) is 2. The van der Waals surface area contributed by atoms with Crippen LogP contribution >= 0.6 is 0 Å². The van der Waals surface area contributed by atoms with Crippen LogP contribution in [0.4, 0.5) is 0 Å². The molecule has 1 amide bonds. The van der Waals surface area contributed by atoms with Gasteiger partial charge in [-0.2, -0.15) is 5.10 Å². The van der Waals surface area contributed by atoms with E-state index in [1.807, 2.05) is 30.3 Å². The minimum Gasteiger partial charge on any atom is -0.363 e. The lowest BCUT2D eigenvalue weighted by Crippen LogP contribution is -2.23. The van der Waals surface area contributed by atoms with Crippen molar-refractivity contribution in [1.82, 2.24) is 20.7 Å². The van der Waals surface area contributed by atoms with E-state index in [4.69, 9.17) is 4.52 Å². The summed E-state index contributed by atoms with van der Waals surface area (Å²) in [5.41, 5.74) is 5.27. The van der Waals surface area contributed by atoms with Gasteiger partial charge in [0.15, 0.2) is 0 Å². The molecular formula is C19H20N4O2. The maximum Gasteiger partial charge on any atom is 0.257 e. The van der Waals surface area contributed by atoms with Gasteiger partial charge in [-0.1, -0.05) is 41.9 Å². The molecule has 0 fully saturated rings. The maximum absolute atomic E-state index is 12.6. The molecule has 0 atom stereocenters. The average molecular weight is 336 g/mol. The summed E-state index contributed by atoms with van der Waals surface area (Å²) in [7, 11) is 0. The first-order valence-corrected chi connectivity index (χ1v) is 8.66. The molecular weight excluding hydrogens is 316 g/mol. The van der Waals surface area contributed by atoms with Gasteiger partial charge >= 0.3 is 0 Å². The van der Waals surface area contributed by atoms with Crippen LogP contribution in [0, 0.1) is 0 Å². The number of aromatic nitrogens is 3. The smallest absolute Gasteiger partial charge is 0.257 e. The van der Waals surface area contributed by atoms with Crippen molar-refractivity contribution in [3.8, 4) is 11.3 Å². The van der Waals surface area contributed by atoms with Crippen LogP contribution in [0.1, 0.15) is 46.6 Å². The Hall–Kier alpha value is -2.89. The lowest BCUT2D eigenvalue weighted by atomic mass is 10.1. The van der Waals surface area contributed by atoms with Crippen LogP contribution in [0.3, 0.4) is 0 Å². The van der Waals surface area contributed by atoms with E-state index in [9.17, 15) is 4.79 Å². The minimum absolute atomic E-state index is 0.203. The van der Waals surface area contributed by atoms with E-state index in [-0.39, 0.29) is 5.91 Å². The molecule has 0 radical (unpaired) electrons. The molecule has 1 aromatic carbocycles. The molecule has 0 spiro atoms. The van der Waals surface area contributed by atoms with E-state index >= 15 is 0 Å².